The lowest BCUT2D eigenvalue weighted by Gasteiger charge is -2.29. The van der Waals surface area contributed by atoms with Crippen LogP contribution in [0.15, 0.2) is 42.5 Å². The van der Waals surface area contributed by atoms with Crippen molar-refractivity contribution in [2.75, 3.05) is 39.5 Å². The highest BCUT2D eigenvalue weighted by Gasteiger charge is 2.29. The summed E-state index contributed by atoms with van der Waals surface area (Å²) in [4.78, 5) is 14.7. The van der Waals surface area contributed by atoms with Gasteiger partial charge >= 0.3 is 0 Å². The fourth-order valence-corrected chi connectivity index (χ4v) is 4.19. The van der Waals surface area contributed by atoms with Crippen LogP contribution in [-0.4, -0.2) is 72.6 Å². The van der Waals surface area contributed by atoms with Gasteiger partial charge in [0.2, 0.25) is 5.91 Å². The van der Waals surface area contributed by atoms with E-state index in [1.165, 1.54) is 12.1 Å². The molecule has 0 unspecified atom stereocenters. The van der Waals surface area contributed by atoms with Gasteiger partial charge in [-0.2, -0.15) is 0 Å². The molecule has 3 atom stereocenters. The fourth-order valence-electron chi connectivity index (χ4n) is 4.19. The number of hydrogen-bond donors (Lipinski definition) is 3. The number of nitrogens with zero attached hydrogens (tertiary/aromatic N) is 1. The number of aliphatic hydroxyl groups excluding tert-OH is 2. The van der Waals surface area contributed by atoms with E-state index in [1.54, 1.807) is 30.3 Å². The van der Waals surface area contributed by atoms with E-state index in [1.807, 2.05) is 4.90 Å². The van der Waals surface area contributed by atoms with Gasteiger partial charge in [0.15, 0.2) is 11.5 Å². The van der Waals surface area contributed by atoms with Crippen molar-refractivity contribution in [2.45, 2.75) is 37.5 Å². The first-order valence-corrected chi connectivity index (χ1v) is 11.6. The predicted molar refractivity (Wildman–Crippen MR) is 123 cm³/mol. The molecule has 2 aromatic rings. The van der Waals surface area contributed by atoms with Gasteiger partial charge in [-0.15, -0.1) is 0 Å². The molecule has 3 N–H and O–H groups in total. The van der Waals surface area contributed by atoms with E-state index in [0.717, 1.165) is 0 Å². The first-order valence-electron chi connectivity index (χ1n) is 11.6. The second-order valence-electron chi connectivity index (χ2n) is 8.63. The Morgan fingerprint density at radius 3 is 2.68 bits per heavy atom. The normalized spacial score (nSPS) is 19.4. The van der Waals surface area contributed by atoms with Crippen molar-refractivity contribution >= 4 is 5.91 Å². The first-order chi connectivity index (χ1) is 16.5. The largest absolute Gasteiger partial charge is 0.494 e. The summed E-state index contributed by atoms with van der Waals surface area (Å²) in [5.74, 6) is 1.21. The zero-order valence-electron chi connectivity index (χ0n) is 19.0. The molecule has 8 nitrogen and oxygen atoms in total. The third-order valence-electron chi connectivity index (χ3n) is 5.97. The molecule has 1 amide bonds. The molecule has 2 aliphatic heterocycles. The van der Waals surface area contributed by atoms with E-state index in [2.05, 4.69) is 5.32 Å². The van der Waals surface area contributed by atoms with Gasteiger partial charge in [0.05, 0.1) is 18.8 Å². The second kappa shape index (κ2) is 11.5. The van der Waals surface area contributed by atoms with Gasteiger partial charge < -0.3 is 29.7 Å². The molecule has 4 rings (SSSR count). The average molecular weight is 475 g/mol. The van der Waals surface area contributed by atoms with E-state index >= 15 is 0 Å². The Bertz CT molecular complexity index is 957. The van der Waals surface area contributed by atoms with Gasteiger partial charge in [-0.1, -0.05) is 6.07 Å². The number of fused-ring (bicyclic) bond motifs is 1. The molecule has 2 aromatic carbocycles. The maximum absolute atomic E-state index is 13.0. The summed E-state index contributed by atoms with van der Waals surface area (Å²) in [5, 5.41) is 24.0. The number of nitrogens with one attached hydrogen (secondary N) is 1. The van der Waals surface area contributed by atoms with Crippen molar-refractivity contribution in [3.05, 3.63) is 53.8 Å². The molecule has 0 saturated carbocycles. The maximum atomic E-state index is 13.0. The summed E-state index contributed by atoms with van der Waals surface area (Å²) in [6, 6.07) is 10.4. The molecule has 0 aromatic heterocycles. The molecule has 0 spiro atoms. The number of benzene rings is 2. The minimum absolute atomic E-state index is 0.205. The smallest absolute Gasteiger partial charge is 0.220 e. The zero-order chi connectivity index (χ0) is 23.9. The highest BCUT2D eigenvalue weighted by molar-refractivity contribution is 5.76. The van der Waals surface area contributed by atoms with Crippen LogP contribution in [0.3, 0.4) is 0 Å². The number of likely N-dealkylation sites (tertiary alicyclic amines) is 1. The molecule has 0 bridgehead atoms. The molecular formula is C25H31FN2O6. The number of rotatable bonds is 10. The Balaban J connectivity index is 1.34. The number of carbonyl (C=O) groups is 1. The summed E-state index contributed by atoms with van der Waals surface area (Å²) in [5.41, 5.74) is 0.619. The Kier molecular flexibility index (Phi) is 8.21. The van der Waals surface area contributed by atoms with Gasteiger partial charge in [-0.25, -0.2) is 4.39 Å². The van der Waals surface area contributed by atoms with Crippen molar-refractivity contribution in [3.8, 4) is 17.2 Å². The third-order valence-corrected chi connectivity index (χ3v) is 5.97. The number of β-amino-alcohol motifs (C(OH)–C–C–N with tert-alkyl or cyclic N) is 1. The van der Waals surface area contributed by atoms with Crippen LogP contribution in [0.4, 0.5) is 4.39 Å². The number of hydrogen-bond acceptors (Lipinski definition) is 7. The molecule has 1 saturated heterocycles. The first kappa shape index (κ1) is 24.3. The fraction of sp³-hybridized carbons (Fsp3) is 0.480. The Morgan fingerprint density at radius 1 is 1.18 bits per heavy atom. The maximum Gasteiger partial charge on any atom is 0.220 e. The summed E-state index contributed by atoms with van der Waals surface area (Å²) in [6.45, 7) is 2.85. The Hall–Kier alpha value is -2.88. The molecule has 2 aliphatic rings. The number of amides is 1. The van der Waals surface area contributed by atoms with Crippen LogP contribution in [0.25, 0.3) is 0 Å². The van der Waals surface area contributed by atoms with Gasteiger partial charge in [0.1, 0.15) is 30.9 Å². The van der Waals surface area contributed by atoms with E-state index in [9.17, 15) is 19.4 Å². The highest BCUT2D eigenvalue weighted by atomic mass is 19.1. The molecular weight excluding hydrogens is 443 g/mol. The van der Waals surface area contributed by atoms with E-state index in [0.29, 0.717) is 75.1 Å². The number of carbonyl (C=O) groups excluding carboxylic acids is 1. The van der Waals surface area contributed by atoms with Crippen LogP contribution in [0.1, 0.15) is 30.9 Å². The molecule has 1 fully saturated rings. The SMILES string of the molecule is O=C(CCCOc1ccc(F)cc1)N[C@H](CN1CC[C@H](O)C1)[C@H](O)c1ccc2c(c1)OCCO2. The monoisotopic (exact) mass is 474 g/mol. The highest BCUT2D eigenvalue weighted by Crippen LogP contribution is 2.33. The van der Waals surface area contributed by atoms with E-state index in [-0.39, 0.29) is 18.1 Å². The molecule has 34 heavy (non-hydrogen) atoms. The van der Waals surface area contributed by atoms with Crippen molar-refractivity contribution in [1.82, 2.24) is 10.2 Å². The topological polar surface area (TPSA) is 100 Å². The van der Waals surface area contributed by atoms with Crippen molar-refractivity contribution in [3.63, 3.8) is 0 Å². The van der Waals surface area contributed by atoms with Crippen LogP contribution in [0.5, 0.6) is 17.2 Å². The number of ether oxygens (including phenoxy) is 3. The Labute approximate surface area is 198 Å². The minimum Gasteiger partial charge on any atom is -0.494 e. The molecule has 2 heterocycles. The molecule has 9 heteroatoms. The van der Waals surface area contributed by atoms with Crippen molar-refractivity contribution in [2.24, 2.45) is 0 Å². The lowest BCUT2D eigenvalue weighted by molar-refractivity contribution is -0.123. The van der Waals surface area contributed by atoms with Crippen LogP contribution in [0, 0.1) is 5.82 Å². The van der Waals surface area contributed by atoms with Crippen LogP contribution in [-0.2, 0) is 4.79 Å². The third kappa shape index (κ3) is 6.59. The lowest BCUT2D eigenvalue weighted by Crippen LogP contribution is -2.47. The van der Waals surface area contributed by atoms with Crippen LogP contribution >= 0.6 is 0 Å². The molecule has 184 valence electrons. The minimum atomic E-state index is -0.965. The summed E-state index contributed by atoms with van der Waals surface area (Å²) < 4.78 is 29.7. The predicted octanol–water partition coefficient (Wildman–Crippen LogP) is 2.04. The lowest BCUT2D eigenvalue weighted by atomic mass is 10.0. The standard InChI is InChI=1S/C25H31FN2O6/c26-18-4-6-20(7-5-18)32-11-1-2-24(30)27-21(16-28-10-9-19(29)15-28)25(31)17-3-8-22-23(14-17)34-13-12-33-22/h3-8,14,19,21,25,29,31H,1-2,9-13,15-16H2,(H,27,30)/t19-,21+,25+/m0/s1. The van der Waals surface area contributed by atoms with Gasteiger partial charge in [-0.3, -0.25) is 9.69 Å². The Morgan fingerprint density at radius 2 is 1.94 bits per heavy atom. The summed E-state index contributed by atoms with van der Waals surface area (Å²) in [6.07, 6.45) is -0.00636. The van der Waals surface area contributed by atoms with Gasteiger partial charge in [0.25, 0.3) is 0 Å². The van der Waals surface area contributed by atoms with E-state index < -0.39 is 18.2 Å². The van der Waals surface area contributed by atoms with E-state index in [4.69, 9.17) is 14.2 Å². The summed E-state index contributed by atoms with van der Waals surface area (Å²) >= 11 is 0. The van der Waals surface area contributed by atoms with Crippen LogP contribution < -0.4 is 19.5 Å². The average Bonchev–Trinajstić information content (AvgIpc) is 3.26. The molecule has 0 aliphatic carbocycles. The van der Waals surface area contributed by atoms with Crippen LogP contribution in [0.2, 0.25) is 0 Å². The zero-order valence-corrected chi connectivity index (χ0v) is 19.0. The van der Waals surface area contributed by atoms with Crippen molar-refractivity contribution < 1.29 is 33.6 Å². The van der Waals surface area contributed by atoms with Gasteiger partial charge in [0, 0.05) is 26.1 Å². The van der Waals surface area contributed by atoms with Gasteiger partial charge in [-0.05, 0) is 54.8 Å². The second-order valence-corrected chi connectivity index (χ2v) is 8.63. The number of halogens is 1. The molecule has 0 radical (unpaired) electrons. The number of aliphatic hydroxyl groups is 2. The van der Waals surface area contributed by atoms with Crippen molar-refractivity contribution in [1.29, 1.82) is 0 Å². The quantitative estimate of drug-likeness (QED) is 0.453. The summed E-state index contributed by atoms with van der Waals surface area (Å²) in [7, 11) is 0.